The van der Waals surface area contributed by atoms with Gasteiger partial charge in [-0.1, -0.05) is 31.2 Å². The molecule has 1 saturated carbocycles. The highest BCUT2D eigenvalue weighted by molar-refractivity contribution is 5.73. The van der Waals surface area contributed by atoms with E-state index in [0.29, 0.717) is 6.04 Å². The lowest BCUT2D eigenvalue weighted by molar-refractivity contribution is 0.676. The summed E-state index contributed by atoms with van der Waals surface area (Å²) in [6, 6.07) is 8.93. The summed E-state index contributed by atoms with van der Waals surface area (Å²) in [6.45, 7) is 4.31. The number of nitrogens with zero attached hydrogens (tertiary/aromatic N) is 2. The van der Waals surface area contributed by atoms with Crippen molar-refractivity contribution in [2.45, 2.75) is 45.6 Å². The lowest BCUT2D eigenvalue weighted by Gasteiger charge is -2.07. The van der Waals surface area contributed by atoms with Crippen molar-refractivity contribution in [3.05, 3.63) is 35.7 Å². The Morgan fingerprint density at radius 2 is 2.05 bits per heavy atom. The Balaban J connectivity index is 2.12. The highest BCUT2D eigenvalue weighted by atomic mass is 15.2. The molecule has 0 spiro atoms. The molecule has 0 saturated heterocycles. The molecule has 2 aromatic rings. The van der Waals surface area contributed by atoms with Gasteiger partial charge in [-0.2, -0.15) is 0 Å². The van der Waals surface area contributed by atoms with Gasteiger partial charge in [0.1, 0.15) is 17.3 Å². The lowest BCUT2D eigenvalue weighted by Crippen LogP contribution is -2.05. The fourth-order valence-electron chi connectivity index (χ4n) is 2.67. The molecule has 1 aliphatic carbocycles. The third-order valence-electron chi connectivity index (χ3n) is 3.81. The number of hydrogen-bond acceptors (Lipinski definition) is 2. The molecule has 2 N–H and O–H groups in total. The number of anilines is 1. The Kier molecular flexibility index (Phi) is 3.05. The first-order valence-corrected chi connectivity index (χ1v) is 7.15. The first-order chi connectivity index (χ1) is 9.22. The van der Waals surface area contributed by atoms with E-state index >= 15 is 0 Å². The topological polar surface area (TPSA) is 43.8 Å². The van der Waals surface area contributed by atoms with Crippen LogP contribution in [0.3, 0.4) is 0 Å². The van der Waals surface area contributed by atoms with Gasteiger partial charge in [-0.15, -0.1) is 0 Å². The average Bonchev–Trinajstić information content (AvgIpc) is 3.17. The number of nitrogen functional groups attached to an aromatic ring is 1. The van der Waals surface area contributed by atoms with Crippen LogP contribution in [-0.4, -0.2) is 9.55 Å². The number of hydrogen-bond donors (Lipinski definition) is 1. The summed E-state index contributed by atoms with van der Waals surface area (Å²) in [4.78, 5) is 4.83. The van der Waals surface area contributed by atoms with Crippen molar-refractivity contribution in [2.24, 2.45) is 0 Å². The molecule has 100 valence electrons. The molecule has 1 aliphatic rings. The predicted octanol–water partition coefficient (Wildman–Crippen LogP) is 3.73. The molecule has 19 heavy (non-hydrogen) atoms. The number of aryl methyl sites for hydroxylation is 2. The second-order valence-electron chi connectivity index (χ2n) is 5.43. The van der Waals surface area contributed by atoms with E-state index < -0.39 is 0 Å². The van der Waals surface area contributed by atoms with Crippen molar-refractivity contribution in [1.82, 2.24) is 9.55 Å². The van der Waals surface area contributed by atoms with Crippen molar-refractivity contribution >= 4 is 5.82 Å². The maximum absolute atomic E-state index is 6.38. The number of nitrogens with two attached hydrogens (primary N) is 1. The monoisotopic (exact) mass is 255 g/mol. The van der Waals surface area contributed by atoms with Gasteiger partial charge < -0.3 is 10.3 Å². The Morgan fingerprint density at radius 1 is 1.32 bits per heavy atom. The van der Waals surface area contributed by atoms with Crippen molar-refractivity contribution in [3.63, 3.8) is 0 Å². The van der Waals surface area contributed by atoms with Crippen LogP contribution in [0.15, 0.2) is 24.3 Å². The van der Waals surface area contributed by atoms with Crippen LogP contribution in [0.2, 0.25) is 0 Å². The molecule has 3 rings (SSSR count). The van der Waals surface area contributed by atoms with Gasteiger partial charge in [0.15, 0.2) is 0 Å². The quantitative estimate of drug-likeness (QED) is 0.904. The Hall–Kier alpha value is -1.77. The summed E-state index contributed by atoms with van der Waals surface area (Å²) in [5.41, 5.74) is 9.74. The standard InChI is InChI=1S/C16H21N3/c1-3-6-14-18-15(13-8-5-4-7-11(13)2)16(17)19(14)12-9-10-12/h4-5,7-8,12H,3,6,9-10,17H2,1-2H3. The Labute approximate surface area is 114 Å². The van der Waals surface area contributed by atoms with Crippen molar-refractivity contribution in [3.8, 4) is 11.3 Å². The van der Waals surface area contributed by atoms with Crippen LogP contribution >= 0.6 is 0 Å². The first kappa shape index (κ1) is 12.3. The second-order valence-corrected chi connectivity index (χ2v) is 5.43. The van der Waals surface area contributed by atoms with Crippen LogP contribution in [-0.2, 0) is 6.42 Å². The van der Waals surface area contributed by atoms with Crippen LogP contribution in [0, 0.1) is 6.92 Å². The van der Waals surface area contributed by atoms with Crippen molar-refractivity contribution in [1.29, 1.82) is 0 Å². The van der Waals surface area contributed by atoms with E-state index in [2.05, 4.69) is 42.7 Å². The molecule has 1 heterocycles. The summed E-state index contributed by atoms with van der Waals surface area (Å²) in [7, 11) is 0. The van der Waals surface area contributed by atoms with Crippen LogP contribution < -0.4 is 5.73 Å². The minimum Gasteiger partial charge on any atom is -0.383 e. The van der Waals surface area contributed by atoms with E-state index in [0.717, 1.165) is 35.7 Å². The molecule has 0 atom stereocenters. The highest BCUT2D eigenvalue weighted by Gasteiger charge is 2.29. The molecule has 3 heteroatoms. The van der Waals surface area contributed by atoms with Gasteiger partial charge in [0.2, 0.25) is 0 Å². The number of rotatable bonds is 4. The van der Waals surface area contributed by atoms with Gasteiger partial charge in [-0.05, 0) is 31.7 Å². The Morgan fingerprint density at radius 3 is 2.68 bits per heavy atom. The highest BCUT2D eigenvalue weighted by Crippen LogP contribution is 2.41. The number of imidazole rings is 1. The maximum Gasteiger partial charge on any atom is 0.132 e. The third-order valence-corrected chi connectivity index (χ3v) is 3.81. The van der Waals surface area contributed by atoms with Crippen LogP contribution in [0.1, 0.15) is 43.6 Å². The van der Waals surface area contributed by atoms with Gasteiger partial charge in [0.25, 0.3) is 0 Å². The maximum atomic E-state index is 6.38. The Bertz CT molecular complexity index is 594. The molecule has 1 aromatic heterocycles. The van der Waals surface area contributed by atoms with Crippen LogP contribution in [0.5, 0.6) is 0 Å². The van der Waals surface area contributed by atoms with Crippen LogP contribution in [0.25, 0.3) is 11.3 Å². The largest absolute Gasteiger partial charge is 0.383 e. The van der Waals surface area contributed by atoms with E-state index in [1.165, 1.54) is 18.4 Å². The molecule has 0 aliphatic heterocycles. The zero-order chi connectivity index (χ0) is 13.4. The third kappa shape index (κ3) is 2.14. The minimum atomic E-state index is 0.590. The van der Waals surface area contributed by atoms with E-state index in [9.17, 15) is 0 Å². The predicted molar refractivity (Wildman–Crippen MR) is 79.1 cm³/mol. The smallest absolute Gasteiger partial charge is 0.132 e. The van der Waals surface area contributed by atoms with E-state index in [-0.39, 0.29) is 0 Å². The van der Waals surface area contributed by atoms with Crippen molar-refractivity contribution < 1.29 is 0 Å². The molecular weight excluding hydrogens is 234 g/mol. The first-order valence-electron chi connectivity index (χ1n) is 7.15. The van der Waals surface area contributed by atoms with Gasteiger partial charge in [-0.25, -0.2) is 4.98 Å². The normalized spacial score (nSPS) is 14.8. The van der Waals surface area contributed by atoms with Crippen LogP contribution in [0.4, 0.5) is 5.82 Å². The minimum absolute atomic E-state index is 0.590. The molecular formula is C16H21N3. The fourth-order valence-corrected chi connectivity index (χ4v) is 2.67. The van der Waals surface area contributed by atoms with Gasteiger partial charge in [0.05, 0.1) is 0 Å². The summed E-state index contributed by atoms with van der Waals surface area (Å²) < 4.78 is 2.27. The summed E-state index contributed by atoms with van der Waals surface area (Å²) in [5, 5.41) is 0. The average molecular weight is 255 g/mol. The van der Waals surface area contributed by atoms with Gasteiger partial charge in [-0.3, -0.25) is 0 Å². The molecule has 1 fully saturated rings. The lowest BCUT2D eigenvalue weighted by atomic mass is 10.1. The number of benzene rings is 1. The zero-order valence-corrected chi connectivity index (χ0v) is 11.7. The van der Waals surface area contributed by atoms with E-state index in [4.69, 9.17) is 10.7 Å². The van der Waals surface area contributed by atoms with Gasteiger partial charge >= 0.3 is 0 Å². The summed E-state index contributed by atoms with van der Waals surface area (Å²) in [5.74, 6) is 2.00. The van der Waals surface area contributed by atoms with Crippen molar-refractivity contribution in [2.75, 3.05) is 5.73 Å². The molecule has 0 radical (unpaired) electrons. The zero-order valence-electron chi connectivity index (χ0n) is 11.7. The molecule has 0 amide bonds. The summed E-state index contributed by atoms with van der Waals surface area (Å²) >= 11 is 0. The number of aromatic nitrogens is 2. The second kappa shape index (κ2) is 4.72. The van der Waals surface area contributed by atoms with E-state index in [1.807, 2.05) is 0 Å². The van der Waals surface area contributed by atoms with E-state index in [1.54, 1.807) is 0 Å². The van der Waals surface area contributed by atoms with Gasteiger partial charge in [0, 0.05) is 18.0 Å². The summed E-state index contributed by atoms with van der Waals surface area (Å²) in [6.07, 6.45) is 4.60. The molecule has 0 bridgehead atoms. The molecule has 0 unspecified atom stereocenters. The SMILES string of the molecule is CCCc1nc(-c2ccccc2C)c(N)n1C1CC1. The molecule has 3 nitrogen and oxygen atoms in total. The molecule has 1 aromatic carbocycles. The fraction of sp³-hybridized carbons (Fsp3) is 0.438.